The summed E-state index contributed by atoms with van der Waals surface area (Å²) in [4.78, 5) is 0. The van der Waals surface area contributed by atoms with E-state index in [9.17, 15) is 0 Å². The zero-order chi connectivity index (χ0) is 13.8. The maximum atomic E-state index is 5.80. The number of hydrogen-bond acceptors (Lipinski definition) is 2. The number of nitrogens with one attached hydrogen (secondary N) is 1. The van der Waals surface area contributed by atoms with Crippen molar-refractivity contribution in [3.8, 4) is 0 Å². The first-order valence-corrected chi connectivity index (χ1v) is 9.15. The molecule has 3 aliphatic carbocycles. The van der Waals surface area contributed by atoms with Crippen molar-refractivity contribution in [3.05, 3.63) is 0 Å². The Labute approximate surface area is 125 Å². The van der Waals surface area contributed by atoms with Gasteiger partial charge < -0.3 is 10.1 Å². The van der Waals surface area contributed by atoms with Crippen LogP contribution in [-0.2, 0) is 4.74 Å². The normalized spacial score (nSPS) is 34.6. The topological polar surface area (TPSA) is 21.3 Å². The summed E-state index contributed by atoms with van der Waals surface area (Å²) in [7, 11) is 1.93. The lowest BCUT2D eigenvalue weighted by atomic mass is 9.81. The van der Waals surface area contributed by atoms with Crippen LogP contribution in [0.25, 0.3) is 0 Å². The van der Waals surface area contributed by atoms with E-state index in [1.54, 1.807) is 0 Å². The van der Waals surface area contributed by atoms with Gasteiger partial charge in [0, 0.05) is 19.2 Å². The van der Waals surface area contributed by atoms with E-state index in [0.717, 1.165) is 23.9 Å². The maximum Gasteiger partial charge on any atom is 0.0627 e. The molecule has 0 radical (unpaired) electrons. The molecule has 1 unspecified atom stereocenters. The van der Waals surface area contributed by atoms with E-state index >= 15 is 0 Å². The molecular formula is C18H33NO. The largest absolute Gasteiger partial charge is 0.381 e. The zero-order valence-electron chi connectivity index (χ0n) is 13.3. The number of hydrogen-bond donors (Lipinski definition) is 1. The number of rotatable bonds is 5. The van der Waals surface area contributed by atoms with E-state index < -0.39 is 0 Å². The van der Waals surface area contributed by atoms with Crippen LogP contribution < -0.4 is 5.32 Å². The fourth-order valence-electron chi connectivity index (χ4n) is 4.59. The smallest absolute Gasteiger partial charge is 0.0627 e. The molecule has 3 saturated carbocycles. The summed E-state index contributed by atoms with van der Waals surface area (Å²) in [6.45, 7) is 0. The summed E-state index contributed by atoms with van der Waals surface area (Å²) in [5.41, 5.74) is 0. The minimum Gasteiger partial charge on any atom is -0.381 e. The molecule has 2 heteroatoms. The average molecular weight is 279 g/mol. The minimum absolute atomic E-state index is 0.578. The highest BCUT2D eigenvalue weighted by atomic mass is 16.5. The van der Waals surface area contributed by atoms with Crippen molar-refractivity contribution in [1.29, 1.82) is 0 Å². The van der Waals surface area contributed by atoms with Gasteiger partial charge in [0.1, 0.15) is 0 Å². The summed E-state index contributed by atoms with van der Waals surface area (Å²) in [5, 5.41) is 3.98. The van der Waals surface area contributed by atoms with Crippen molar-refractivity contribution in [2.24, 2.45) is 11.8 Å². The van der Waals surface area contributed by atoms with Crippen LogP contribution in [-0.4, -0.2) is 25.3 Å². The summed E-state index contributed by atoms with van der Waals surface area (Å²) in [6, 6.07) is 1.62. The van der Waals surface area contributed by atoms with E-state index in [1.807, 2.05) is 7.11 Å². The van der Waals surface area contributed by atoms with Crippen LogP contribution in [0.3, 0.4) is 0 Å². The Hall–Kier alpha value is -0.0800. The first-order chi connectivity index (χ1) is 9.86. The zero-order valence-corrected chi connectivity index (χ0v) is 13.3. The van der Waals surface area contributed by atoms with Crippen LogP contribution in [0.4, 0.5) is 0 Å². The second-order valence-electron chi connectivity index (χ2n) is 7.50. The lowest BCUT2D eigenvalue weighted by Crippen LogP contribution is -2.42. The fourth-order valence-corrected chi connectivity index (χ4v) is 4.59. The fraction of sp³-hybridized carbons (Fsp3) is 1.00. The first kappa shape index (κ1) is 14.8. The minimum atomic E-state index is 0.578. The Bertz CT molecular complexity index is 273. The molecule has 0 heterocycles. The SMILES string of the molecule is COC(C1CC1)[C@H]1CC[C@H](NC2CCCCCC2)CC1. The Kier molecular flexibility index (Phi) is 5.39. The van der Waals surface area contributed by atoms with E-state index in [4.69, 9.17) is 4.74 Å². The van der Waals surface area contributed by atoms with Crippen LogP contribution in [0.1, 0.15) is 77.0 Å². The van der Waals surface area contributed by atoms with Gasteiger partial charge >= 0.3 is 0 Å². The molecule has 0 bridgehead atoms. The Morgan fingerprint density at radius 1 is 0.700 bits per heavy atom. The van der Waals surface area contributed by atoms with Crippen LogP contribution >= 0.6 is 0 Å². The van der Waals surface area contributed by atoms with Crippen LogP contribution in [0, 0.1) is 11.8 Å². The lowest BCUT2D eigenvalue weighted by molar-refractivity contribution is 0.0163. The second kappa shape index (κ2) is 7.26. The van der Waals surface area contributed by atoms with Gasteiger partial charge in [-0.25, -0.2) is 0 Å². The third-order valence-corrected chi connectivity index (χ3v) is 5.92. The molecule has 0 amide bonds. The molecule has 0 saturated heterocycles. The Morgan fingerprint density at radius 3 is 1.70 bits per heavy atom. The molecule has 0 aliphatic heterocycles. The van der Waals surface area contributed by atoms with E-state index in [-0.39, 0.29) is 0 Å². The molecule has 116 valence electrons. The van der Waals surface area contributed by atoms with Crippen molar-refractivity contribution in [2.75, 3.05) is 7.11 Å². The summed E-state index contributed by atoms with van der Waals surface area (Å²) >= 11 is 0. The predicted molar refractivity (Wildman–Crippen MR) is 83.9 cm³/mol. The summed E-state index contributed by atoms with van der Waals surface area (Å²) in [5.74, 6) is 1.75. The van der Waals surface area contributed by atoms with Gasteiger partial charge in [-0.2, -0.15) is 0 Å². The number of ether oxygens (including phenoxy) is 1. The molecular weight excluding hydrogens is 246 g/mol. The van der Waals surface area contributed by atoms with Gasteiger partial charge in [-0.3, -0.25) is 0 Å². The van der Waals surface area contributed by atoms with Gasteiger partial charge in [0.05, 0.1) is 6.10 Å². The average Bonchev–Trinajstić information content (AvgIpc) is 3.29. The first-order valence-electron chi connectivity index (χ1n) is 9.15. The molecule has 1 atom stereocenters. The molecule has 0 spiro atoms. The van der Waals surface area contributed by atoms with Gasteiger partial charge in [-0.1, -0.05) is 25.7 Å². The van der Waals surface area contributed by atoms with Crippen LogP contribution in [0.15, 0.2) is 0 Å². The highest BCUT2D eigenvalue weighted by Gasteiger charge is 2.38. The quantitative estimate of drug-likeness (QED) is 0.758. The monoisotopic (exact) mass is 279 g/mol. The Balaban J connectivity index is 1.41. The van der Waals surface area contributed by atoms with Crippen LogP contribution in [0.2, 0.25) is 0 Å². The Morgan fingerprint density at radius 2 is 1.20 bits per heavy atom. The van der Waals surface area contributed by atoms with Crippen LogP contribution in [0.5, 0.6) is 0 Å². The molecule has 2 nitrogen and oxygen atoms in total. The third kappa shape index (κ3) is 3.98. The molecule has 3 rings (SSSR count). The molecule has 3 fully saturated rings. The lowest BCUT2D eigenvalue weighted by Gasteiger charge is -2.35. The highest BCUT2D eigenvalue weighted by Crippen LogP contribution is 2.41. The van der Waals surface area contributed by atoms with Crippen molar-refractivity contribution < 1.29 is 4.74 Å². The molecule has 1 N–H and O–H groups in total. The van der Waals surface area contributed by atoms with E-state index in [0.29, 0.717) is 6.10 Å². The van der Waals surface area contributed by atoms with Gasteiger partial charge in [0.15, 0.2) is 0 Å². The van der Waals surface area contributed by atoms with Gasteiger partial charge in [-0.15, -0.1) is 0 Å². The standard InChI is InChI=1S/C18H33NO/c1-20-18(14-8-9-14)15-10-12-17(13-11-15)19-16-6-4-2-3-5-7-16/h14-19H,2-13H2,1H3/t15-,17-,18?. The van der Waals surface area contributed by atoms with Gasteiger partial charge in [0.2, 0.25) is 0 Å². The van der Waals surface area contributed by atoms with E-state index in [2.05, 4.69) is 5.32 Å². The summed E-state index contributed by atoms with van der Waals surface area (Å²) < 4.78 is 5.80. The number of methoxy groups -OCH3 is 1. The highest BCUT2D eigenvalue weighted by molar-refractivity contribution is 4.90. The molecule has 0 aromatic heterocycles. The van der Waals surface area contributed by atoms with Crippen molar-refractivity contribution >= 4 is 0 Å². The second-order valence-corrected chi connectivity index (χ2v) is 7.50. The molecule has 0 aromatic rings. The van der Waals surface area contributed by atoms with Crippen molar-refractivity contribution in [1.82, 2.24) is 5.32 Å². The van der Waals surface area contributed by atoms with E-state index in [1.165, 1.54) is 77.0 Å². The summed E-state index contributed by atoms with van der Waals surface area (Å²) in [6.07, 6.45) is 17.6. The molecule has 20 heavy (non-hydrogen) atoms. The maximum absolute atomic E-state index is 5.80. The third-order valence-electron chi connectivity index (χ3n) is 5.92. The van der Waals surface area contributed by atoms with Crippen molar-refractivity contribution in [3.63, 3.8) is 0 Å². The molecule has 0 aromatic carbocycles. The molecule has 3 aliphatic rings. The predicted octanol–water partition coefficient (Wildman–Crippen LogP) is 4.28. The van der Waals surface area contributed by atoms with Gasteiger partial charge in [0.25, 0.3) is 0 Å². The van der Waals surface area contributed by atoms with Crippen molar-refractivity contribution in [2.45, 2.75) is 95.2 Å². The van der Waals surface area contributed by atoms with Gasteiger partial charge in [-0.05, 0) is 63.2 Å².